The molecule has 1 N–H and O–H groups in total. The van der Waals surface area contributed by atoms with E-state index in [0.717, 1.165) is 31.2 Å². The van der Waals surface area contributed by atoms with Crippen LogP contribution >= 0.6 is 0 Å². The van der Waals surface area contributed by atoms with Crippen LogP contribution in [0.25, 0.3) is 6.08 Å². The van der Waals surface area contributed by atoms with Gasteiger partial charge in [0.25, 0.3) is 0 Å². The predicted octanol–water partition coefficient (Wildman–Crippen LogP) is 4.93. The standard InChI is InChI=1S/C23H30N2O3S/c1-3-5-18-25(19-6-4-2)29(27,28)22-15-13-21(14-16-22)24-23(26)17-12-20-10-8-7-9-11-20/h7-17H,3-6,18-19H2,1-2H3,(H,24,26). The summed E-state index contributed by atoms with van der Waals surface area (Å²) in [6, 6.07) is 15.9. The van der Waals surface area contributed by atoms with Gasteiger partial charge in [-0.2, -0.15) is 4.31 Å². The second-order valence-corrected chi connectivity index (χ2v) is 8.81. The lowest BCUT2D eigenvalue weighted by Crippen LogP contribution is -2.33. The number of carbonyl (C=O) groups excluding carboxylic acids is 1. The van der Waals surface area contributed by atoms with Crippen LogP contribution in [0.3, 0.4) is 0 Å². The van der Waals surface area contributed by atoms with Gasteiger partial charge < -0.3 is 5.32 Å². The molecule has 0 aliphatic heterocycles. The molecule has 0 fully saturated rings. The maximum Gasteiger partial charge on any atom is 0.248 e. The van der Waals surface area contributed by atoms with Crippen molar-refractivity contribution in [2.75, 3.05) is 18.4 Å². The number of nitrogens with one attached hydrogen (secondary N) is 1. The van der Waals surface area contributed by atoms with Crippen molar-refractivity contribution in [2.24, 2.45) is 0 Å². The van der Waals surface area contributed by atoms with Gasteiger partial charge in [-0.05, 0) is 48.7 Å². The van der Waals surface area contributed by atoms with E-state index in [-0.39, 0.29) is 10.8 Å². The number of anilines is 1. The molecule has 2 aromatic rings. The smallest absolute Gasteiger partial charge is 0.248 e. The Bertz CT molecular complexity index is 883. The number of unbranched alkanes of at least 4 members (excludes halogenated alkanes) is 2. The molecule has 0 spiro atoms. The summed E-state index contributed by atoms with van der Waals surface area (Å²) in [6.07, 6.45) is 6.75. The molecule has 0 unspecified atom stereocenters. The fourth-order valence-corrected chi connectivity index (χ4v) is 4.32. The Morgan fingerprint density at radius 3 is 2.07 bits per heavy atom. The van der Waals surface area contributed by atoms with Gasteiger partial charge >= 0.3 is 0 Å². The number of carbonyl (C=O) groups is 1. The molecule has 0 bridgehead atoms. The monoisotopic (exact) mass is 414 g/mol. The van der Waals surface area contributed by atoms with E-state index in [4.69, 9.17) is 0 Å². The number of hydrogen-bond acceptors (Lipinski definition) is 3. The lowest BCUT2D eigenvalue weighted by Gasteiger charge is -2.22. The first-order chi connectivity index (χ1) is 14.0. The highest BCUT2D eigenvalue weighted by atomic mass is 32.2. The summed E-state index contributed by atoms with van der Waals surface area (Å²) in [5, 5.41) is 2.75. The molecule has 2 aromatic carbocycles. The van der Waals surface area contributed by atoms with Crippen LogP contribution in [-0.4, -0.2) is 31.7 Å². The zero-order chi connectivity index (χ0) is 21.1. The zero-order valence-electron chi connectivity index (χ0n) is 17.2. The minimum Gasteiger partial charge on any atom is -0.323 e. The fraction of sp³-hybridized carbons (Fsp3) is 0.348. The van der Waals surface area contributed by atoms with Crippen molar-refractivity contribution >= 4 is 27.7 Å². The zero-order valence-corrected chi connectivity index (χ0v) is 18.0. The molecule has 0 radical (unpaired) electrons. The van der Waals surface area contributed by atoms with E-state index in [1.807, 2.05) is 44.2 Å². The van der Waals surface area contributed by atoms with Crippen molar-refractivity contribution < 1.29 is 13.2 Å². The fourth-order valence-electron chi connectivity index (χ4n) is 2.80. The molecule has 2 rings (SSSR count). The Balaban J connectivity index is 2.05. The average molecular weight is 415 g/mol. The Hall–Kier alpha value is -2.44. The second-order valence-electron chi connectivity index (χ2n) is 6.87. The molecule has 0 heterocycles. The average Bonchev–Trinajstić information content (AvgIpc) is 2.73. The van der Waals surface area contributed by atoms with Crippen LogP contribution in [0.5, 0.6) is 0 Å². The van der Waals surface area contributed by atoms with Crippen LogP contribution in [0.4, 0.5) is 5.69 Å². The van der Waals surface area contributed by atoms with Gasteiger partial charge in [0.05, 0.1) is 4.90 Å². The Morgan fingerprint density at radius 2 is 1.52 bits per heavy atom. The molecule has 6 heteroatoms. The third kappa shape index (κ3) is 7.15. The van der Waals surface area contributed by atoms with Crippen molar-refractivity contribution in [2.45, 2.75) is 44.4 Å². The van der Waals surface area contributed by atoms with E-state index in [9.17, 15) is 13.2 Å². The van der Waals surface area contributed by atoms with Crippen molar-refractivity contribution in [1.29, 1.82) is 0 Å². The molecular formula is C23H30N2O3S. The van der Waals surface area contributed by atoms with Crippen molar-refractivity contribution in [3.63, 3.8) is 0 Å². The van der Waals surface area contributed by atoms with E-state index >= 15 is 0 Å². The molecule has 0 saturated heterocycles. The summed E-state index contributed by atoms with van der Waals surface area (Å²) < 4.78 is 27.5. The topological polar surface area (TPSA) is 66.5 Å². The van der Waals surface area contributed by atoms with Gasteiger partial charge in [-0.1, -0.05) is 57.0 Å². The largest absolute Gasteiger partial charge is 0.323 e. The maximum absolute atomic E-state index is 13.0. The van der Waals surface area contributed by atoms with Crippen molar-refractivity contribution in [3.05, 3.63) is 66.2 Å². The summed E-state index contributed by atoms with van der Waals surface area (Å²) >= 11 is 0. The summed E-state index contributed by atoms with van der Waals surface area (Å²) in [7, 11) is -3.53. The van der Waals surface area contributed by atoms with Gasteiger partial charge in [0.15, 0.2) is 0 Å². The molecule has 0 aromatic heterocycles. The highest BCUT2D eigenvalue weighted by molar-refractivity contribution is 7.89. The van der Waals surface area contributed by atoms with Crippen LogP contribution < -0.4 is 5.32 Å². The number of sulfonamides is 1. The van der Waals surface area contributed by atoms with Crippen LogP contribution in [-0.2, 0) is 14.8 Å². The van der Waals surface area contributed by atoms with E-state index in [2.05, 4.69) is 5.32 Å². The van der Waals surface area contributed by atoms with E-state index in [0.29, 0.717) is 18.8 Å². The van der Waals surface area contributed by atoms with Gasteiger partial charge in [-0.25, -0.2) is 8.42 Å². The van der Waals surface area contributed by atoms with Crippen LogP contribution in [0.2, 0.25) is 0 Å². The Labute approximate surface area is 174 Å². The van der Waals surface area contributed by atoms with Gasteiger partial charge in [-0.15, -0.1) is 0 Å². The number of rotatable bonds is 11. The number of nitrogens with zero attached hydrogens (tertiary/aromatic N) is 1. The molecule has 156 valence electrons. The predicted molar refractivity (Wildman–Crippen MR) is 119 cm³/mol. The lowest BCUT2D eigenvalue weighted by molar-refractivity contribution is -0.111. The van der Waals surface area contributed by atoms with Crippen LogP contribution in [0, 0.1) is 0 Å². The first-order valence-electron chi connectivity index (χ1n) is 10.1. The third-order valence-electron chi connectivity index (χ3n) is 4.51. The van der Waals surface area contributed by atoms with Gasteiger partial charge in [-0.3, -0.25) is 4.79 Å². The lowest BCUT2D eigenvalue weighted by atomic mass is 10.2. The van der Waals surface area contributed by atoms with E-state index in [1.165, 1.54) is 6.08 Å². The van der Waals surface area contributed by atoms with Gasteiger partial charge in [0.1, 0.15) is 0 Å². The SMILES string of the molecule is CCCCN(CCCC)S(=O)(=O)c1ccc(NC(=O)C=Cc2ccccc2)cc1. The van der Waals surface area contributed by atoms with Crippen LogP contribution in [0.1, 0.15) is 45.1 Å². The first kappa shape index (κ1) is 22.8. The number of hydrogen-bond donors (Lipinski definition) is 1. The summed E-state index contributed by atoms with van der Waals surface area (Å²) in [6.45, 7) is 5.16. The highest BCUT2D eigenvalue weighted by Crippen LogP contribution is 2.20. The minimum absolute atomic E-state index is 0.252. The summed E-state index contributed by atoms with van der Waals surface area (Å²) in [4.78, 5) is 12.3. The quantitative estimate of drug-likeness (QED) is 0.530. The molecule has 0 aliphatic carbocycles. The molecule has 0 aliphatic rings. The number of amides is 1. The third-order valence-corrected chi connectivity index (χ3v) is 6.42. The van der Waals surface area contributed by atoms with Crippen LogP contribution in [0.15, 0.2) is 65.6 Å². The summed E-state index contributed by atoms with van der Waals surface area (Å²) in [5.74, 6) is -0.267. The van der Waals surface area contributed by atoms with E-state index < -0.39 is 10.0 Å². The summed E-state index contributed by atoms with van der Waals surface area (Å²) in [5.41, 5.74) is 1.49. The maximum atomic E-state index is 13.0. The second kappa shape index (κ2) is 11.5. The van der Waals surface area contributed by atoms with Gasteiger partial charge in [0, 0.05) is 24.9 Å². The highest BCUT2D eigenvalue weighted by Gasteiger charge is 2.23. The molecule has 0 saturated carbocycles. The normalized spacial score (nSPS) is 11.8. The Kier molecular flexibility index (Phi) is 9.09. The minimum atomic E-state index is -3.53. The Morgan fingerprint density at radius 1 is 0.931 bits per heavy atom. The first-order valence-corrected chi connectivity index (χ1v) is 11.6. The molecule has 29 heavy (non-hydrogen) atoms. The van der Waals surface area contributed by atoms with Crippen molar-refractivity contribution in [1.82, 2.24) is 4.31 Å². The van der Waals surface area contributed by atoms with Crippen molar-refractivity contribution in [3.8, 4) is 0 Å². The van der Waals surface area contributed by atoms with E-state index in [1.54, 1.807) is 34.6 Å². The number of benzene rings is 2. The van der Waals surface area contributed by atoms with Gasteiger partial charge in [0.2, 0.25) is 15.9 Å². The molecule has 1 amide bonds. The molecular weight excluding hydrogens is 384 g/mol. The molecule has 5 nitrogen and oxygen atoms in total. The molecule has 0 atom stereocenters.